The molecular formula is C18H17F5N4O2. The number of anilines is 1. The minimum absolute atomic E-state index is 0.0398. The first-order valence-corrected chi connectivity index (χ1v) is 8.29. The smallest absolute Gasteiger partial charge is 0.389 e. The Balaban J connectivity index is 2.01. The number of fused-ring (bicyclic) bond motifs is 1. The third kappa shape index (κ3) is 6.40. The monoisotopic (exact) mass is 416 g/mol. The lowest BCUT2D eigenvalue weighted by Crippen LogP contribution is -2.19. The summed E-state index contributed by atoms with van der Waals surface area (Å²) in [6.45, 7) is 4.33. The number of halogens is 5. The Morgan fingerprint density at radius 3 is 2.66 bits per heavy atom. The summed E-state index contributed by atoms with van der Waals surface area (Å²) in [5.41, 5.74) is 0.467. The number of ether oxygens (including phenoxy) is 1. The molecule has 1 aromatic carbocycles. The summed E-state index contributed by atoms with van der Waals surface area (Å²) >= 11 is 0. The Hall–Kier alpha value is -3.24. The largest absolute Gasteiger partial charge is 0.477 e. The van der Waals surface area contributed by atoms with Gasteiger partial charge in [0.05, 0.1) is 24.0 Å². The van der Waals surface area contributed by atoms with Crippen molar-refractivity contribution in [3.05, 3.63) is 42.0 Å². The molecule has 6 nitrogen and oxygen atoms in total. The molecule has 0 aliphatic heterocycles. The fourth-order valence-corrected chi connectivity index (χ4v) is 2.22. The molecule has 0 saturated carbocycles. The molecule has 0 aliphatic rings. The third-order valence-electron chi connectivity index (χ3n) is 3.68. The van der Waals surface area contributed by atoms with E-state index in [0.717, 1.165) is 18.3 Å². The van der Waals surface area contributed by atoms with Gasteiger partial charge in [-0.25, -0.2) is 13.8 Å². The van der Waals surface area contributed by atoms with Gasteiger partial charge in [0.2, 0.25) is 5.88 Å². The quantitative estimate of drug-likeness (QED) is 0.283. The maximum absolute atomic E-state index is 13.4. The van der Waals surface area contributed by atoms with Crippen LogP contribution in [0.15, 0.2) is 40.4 Å². The van der Waals surface area contributed by atoms with Crippen molar-refractivity contribution in [1.29, 1.82) is 0 Å². The first-order chi connectivity index (χ1) is 13.6. The molecule has 156 valence electrons. The Morgan fingerprint density at radius 1 is 1.31 bits per heavy atom. The molecule has 0 saturated heterocycles. The topological polar surface area (TPSA) is 78.8 Å². The van der Waals surface area contributed by atoms with E-state index in [1.54, 1.807) is 0 Å². The molecule has 11 heteroatoms. The van der Waals surface area contributed by atoms with Crippen LogP contribution in [0.5, 0.6) is 0 Å². The van der Waals surface area contributed by atoms with Crippen LogP contribution in [-0.2, 0) is 9.53 Å². The highest BCUT2D eigenvalue weighted by Gasteiger charge is 2.26. The lowest BCUT2D eigenvalue weighted by molar-refractivity contribution is -0.137. The first kappa shape index (κ1) is 22.1. The Kier molecular flexibility index (Phi) is 7.08. The second-order valence-corrected chi connectivity index (χ2v) is 5.88. The van der Waals surface area contributed by atoms with Gasteiger partial charge in [-0.15, -0.1) is 0 Å². The van der Waals surface area contributed by atoms with E-state index >= 15 is 0 Å². The number of nitrogens with one attached hydrogen (secondary N) is 2. The van der Waals surface area contributed by atoms with Gasteiger partial charge in [0.15, 0.2) is 11.6 Å². The van der Waals surface area contributed by atoms with Crippen molar-refractivity contribution >= 4 is 34.9 Å². The minimum atomic E-state index is -4.28. The second kappa shape index (κ2) is 9.30. The lowest BCUT2D eigenvalue weighted by atomic mass is 10.2. The van der Waals surface area contributed by atoms with Gasteiger partial charge >= 0.3 is 6.18 Å². The van der Waals surface area contributed by atoms with Crippen LogP contribution < -0.4 is 5.32 Å². The SMILES string of the molecule is C=N/C(=C\N=C(C)C(=O)Nc1c[nH]c2cc(F)c(F)cc12)OCCCC(F)(F)F. The van der Waals surface area contributed by atoms with Crippen molar-refractivity contribution < 1.29 is 31.5 Å². The van der Waals surface area contributed by atoms with Crippen LogP contribution in [-0.4, -0.2) is 36.1 Å². The van der Waals surface area contributed by atoms with Gasteiger partial charge in [-0.3, -0.25) is 9.79 Å². The van der Waals surface area contributed by atoms with E-state index in [9.17, 15) is 26.7 Å². The fraction of sp³-hybridized carbons (Fsp3) is 0.278. The molecule has 0 spiro atoms. The zero-order valence-electron chi connectivity index (χ0n) is 15.2. The molecular weight excluding hydrogens is 399 g/mol. The number of aliphatic imine (C=N–C) groups is 2. The predicted octanol–water partition coefficient (Wildman–Crippen LogP) is 4.70. The summed E-state index contributed by atoms with van der Waals surface area (Å²) in [4.78, 5) is 22.2. The van der Waals surface area contributed by atoms with Crippen LogP contribution in [0.4, 0.5) is 27.6 Å². The second-order valence-electron chi connectivity index (χ2n) is 5.88. The maximum Gasteiger partial charge on any atom is 0.389 e. The summed E-state index contributed by atoms with van der Waals surface area (Å²) in [5.74, 6) is -2.89. The van der Waals surface area contributed by atoms with Crippen molar-refractivity contribution in [2.75, 3.05) is 11.9 Å². The molecule has 29 heavy (non-hydrogen) atoms. The van der Waals surface area contributed by atoms with Crippen molar-refractivity contribution in [1.82, 2.24) is 4.98 Å². The van der Waals surface area contributed by atoms with Gasteiger partial charge in [-0.1, -0.05) is 0 Å². The molecule has 1 amide bonds. The highest BCUT2D eigenvalue weighted by atomic mass is 19.4. The molecule has 1 aromatic heterocycles. The fourth-order valence-electron chi connectivity index (χ4n) is 2.22. The molecule has 0 bridgehead atoms. The van der Waals surface area contributed by atoms with E-state index in [1.165, 1.54) is 13.1 Å². The third-order valence-corrected chi connectivity index (χ3v) is 3.68. The number of hydrogen-bond acceptors (Lipinski definition) is 4. The zero-order valence-corrected chi connectivity index (χ0v) is 15.2. The van der Waals surface area contributed by atoms with Gasteiger partial charge in [-0.05, 0) is 26.1 Å². The number of rotatable bonds is 8. The summed E-state index contributed by atoms with van der Waals surface area (Å²) in [6, 6.07) is 1.90. The molecule has 0 fully saturated rings. The van der Waals surface area contributed by atoms with E-state index < -0.39 is 30.1 Å². The Morgan fingerprint density at radius 2 is 2.00 bits per heavy atom. The normalized spacial score (nSPS) is 12.9. The molecule has 2 aromatic rings. The van der Waals surface area contributed by atoms with E-state index in [4.69, 9.17) is 4.74 Å². The van der Waals surface area contributed by atoms with Gasteiger partial charge in [-0.2, -0.15) is 13.2 Å². The molecule has 0 aliphatic carbocycles. The number of aromatic nitrogens is 1. The number of aromatic amines is 1. The van der Waals surface area contributed by atoms with E-state index in [2.05, 4.69) is 27.0 Å². The Bertz CT molecular complexity index is 963. The van der Waals surface area contributed by atoms with Gasteiger partial charge in [0, 0.05) is 24.1 Å². The van der Waals surface area contributed by atoms with Crippen LogP contribution in [0.1, 0.15) is 19.8 Å². The number of carbonyl (C=O) groups excluding carboxylic acids is 1. The number of carbonyl (C=O) groups is 1. The van der Waals surface area contributed by atoms with Crippen LogP contribution in [0.25, 0.3) is 10.9 Å². The summed E-state index contributed by atoms with van der Waals surface area (Å²) in [7, 11) is 0. The minimum Gasteiger partial charge on any atom is -0.477 e. The number of nitrogens with zero attached hydrogens (tertiary/aromatic N) is 2. The summed E-state index contributed by atoms with van der Waals surface area (Å²) < 4.78 is 67.9. The summed E-state index contributed by atoms with van der Waals surface area (Å²) in [6.07, 6.45) is -3.14. The van der Waals surface area contributed by atoms with E-state index in [1.807, 2.05) is 0 Å². The summed E-state index contributed by atoms with van der Waals surface area (Å²) in [5, 5.41) is 2.76. The standard InChI is InChI=1S/C18H17F5N4O2/c1-10(25-9-16(24-2)29-5-3-4-18(21,22)23)17(28)27-15-8-26-14-7-13(20)12(19)6-11(14)15/h6-9,26H,2-5H2,1H3,(H,27,28)/b16-9+,25-10?. The zero-order chi connectivity index (χ0) is 21.6. The van der Waals surface area contributed by atoms with Gasteiger partial charge in [0.1, 0.15) is 5.71 Å². The number of hydrogen-bond donors (Lipinski definition) is 2. The van der Waals surface area contributed by atoms with Crippen molar-refractivity contribution in [2.45, 2.75) is 25.9 Å². The van der Waals surface area contributed by atoms with Crippen LogP contribution in [0.3, 0.4) is 0 Å². The van der Waals surface area contributed by atoms with Crippen LogP contribution in [0, 0.1) is 11.6 Å². The van der Waals surface area contributed by atoms with E-state index in [0.29, 0.717) is 5.52 Å². The highest BCUT2D eigenvalue weighted by molar-refractivity contribution is 6.42. The molecule has 2 rings (SSSR count). The van der Waals surface area contributed by atoms with Gasteiger partial charge in [0.25, 0.3) is 5.91 Å². The Labute approximate surface area is 162 Å². The molecule has 2 N–H and O–H groups in total. The highest BCUT2D eigenvalue weighted by Crippen LogP contribution is 2.25. The first-order valence-electron chi connectivity index (χ1n) is 8.29. The molecule has 0 radical (unpaired) electrons. The number of amides is 1. The number of benzene rings is 1. The van der Waals surface area contributed by atoms with Crippen molar-refractivity contribution in [3.63, 3.8) is 0 Å². The molecule has 0 atom stereocenters. The van der Waals surface area contributed by atoms with E-state index in [-0.39, 0.29) is 35.7 Å². The van der Waals surface area contributed by atoms with Gasteiger partial charge < -0.3 is 15.0 Å². The number of alkyl halides is 3. The lowest BCUT2D eigenvalue weighted by Gasteiger charge is -2.07. The van der Waals surface area contributed by atoms with Crippen LogP contribution >= 0.6 is 0 Å². The maximum atomic E-state index is 13.4. The molecule has 0 unspecified atom stereocenters. The molecule has 1 heterocycles. The average molecular weight is 416 g/mol. The number of H-pyrrole nitrogens is 1. The van der Waals surface area contributed by atoms with Crippen LogP contribution in [0.2, 0.25) is 0 Å². The van der Waals surface area contributed by atoms with Crippen molar-refractivity contribution in [2.24, 2.45) is 9.98 Å². The predicted molar refractivity (Wildman–Crippen MR) is 98.8 cm³/mol. The average Bonchev–Trinajstić information content (AvgIpc) is 3.01. The van der Waals surface area contributed by atoms with Crippen molar-refractivity contribution in [3.8, 4) is 0 Å².